The van der Waals surface area contributed by atoms with Gasteiger partial charge in [0, 0.05) is 15.1 Å². The van der Waals surface area contributed by atoms with Crippen LogP contribution in [0, 0.1) is 0 Å². The Morgan fingerprint density at radius 1 is 1.26 bits per heavy atom. The van der Waals surface area contributed by atoms with Crippen molar-refractivity contribution in [3.8, 4) is 5.75 Å². The van der Waals surface area contributed by atoms with Crippen LogP contribution in [0.1, 0.15) is 24.2 Å². The summed E-state index contributed by atoms with van der Waals surface area (Å²) in [6, 6.07) is 13.2. The third kappa shape index (κ3) is 3.96. The maximum atomic E-state index is 9.72. The molecule has 0 aromatic heterocycles. The van der Waals surface area contributed by atoms with Crippen molar-refractivity contribution >= 4 is 27.5 Å². The topological polar surface area (TPSA) is 29.5 Å². The molecule has 2 rings (SSSR count). The van der Waals surface area contributed by atoms with Crippen LogP contribution in [0.5, 0.6) is 5.75 Å². The average Bonchev–Trinajstić information content (AvgIpc) is 2.37. The lowest BCUT2D eigenvalue weighted by atomic mass is 10.1. The highest BCUT2D eigenvalue weighted by molar-refractivity contribution is 9.10. The van der Waals surface area contributed by atoms with Crippen LogP contribution in [0.15, 0.2) is 46.9 Å². The third-order valence-corrected chi connectivity index (χ3v) is 3.43. The van der Waals surface area contributed by atoms with E-state index in [4.69, 9.17) is 16.3 Å². The largest absolute Gasteiger partial charge is 0.489 e. The van der Waals surface area contributed by atoms with E-state index >= 15 is 0 Å². The van der Waals surface area contributed by atoms with Gasteiger partial charge < -0.3 is 9.84 Å². The van der Waals surface area contributed by atoms with E-state index in [2.05, 4.69) is 15.9 Å². The van der Waals surface area contributed by atoms with Gasteiger partial charge in [0.05, 0.1) is 6.10 Å². The highest BCUT2D eigenvalue weighted by Gasteiger charge is 2.10. The van der Waals surface area contributed by atoms with Crippen LogP contribution in [-0.4, -0.2) is 5.11 Å². The first-order valence-corrected chi connectivity index (χ1v) is 7.08. The molecule has 19 heavy (non-hydrogen) atoms. The molecule has 0 radical (unpaired) electrons. The molecule has 0 spiro atoms. The summed E-state index contributed by atoms with van der Waals surface area (Å²) in [6.45, 7) is 2.14. The molecule has 0 aliphatic rings. The second-order valence-electron chi connectivity index (χ2n) is 4.28. The summed E-state index contributed by atoms with van der Waals surface area (Å²) < 4.78 is 6.77. The van der Waals surface area contributed by atoms with Crippen molar-refractivity contribution in [2.24, 2.45) is 0 Å². The highest BCUT2D eigenvalue weighted by atomic mass is 79.9. The number of halogens is 2. The lowest BCUT2D eigenvalue weighted by Gasteiger charge is -2.14. The van der Waals surface area contributed by atoms with E-state index in [0.717, 1.165) is 10.0 Å². The fourth-order valence-corrected chi connectivity index (χ4v) is 2.39. The van der Waals surface area contributed by atoms with Crippen LogP contribution < -0.4 is 4.74 Å². The van der Waals surface area contributed by atoms with Crippen LogP contribution in [0.2, 0.25) is 5.02 Å². The van der Waals surface area contributed by atoms with E-state index < -0.39 is 6.10 Å². The highest BCUT2D eigenvalue weighted by Crippen LogP contribution is 2.29. The maximum Gasteiger partial charge on any atom is 0.125 e. The quantitative estimate of drug-likeness (QED) is 0.870. The Kier molecular flexibility index (Phi) is 4.86. The van der Waals surface area contributed by atoms with Gasteiger partial charge in [-0.2, -0.15) is 0 Å². The lowest BCUT2D eigenvalue weighted by molar-refractivity contribution is 0.190. The average molecular weight is 342 g/mol. The Morgan fingerprint density at radius 2 is 2.05 bits per heavy atom. The molecule has 0 fully saturated rings. The van der Waals surface area contributed by atoms with Crippen molar-refractivity contribution in [3.63, 3.8) is 0 Å². The number of aliphatic hydroxyl groups excluding tert-OH is 1. The molecule has 0 amide bonds. The number of hydrogen-bond donors (Lipinski definition) is 1. The Bertz CT molecular complexity index is 570. The molecule has 1 unspecified atom stereocenters. The molecule has 0 heterocycles. The molecular weight excluding hydrogens is 328 g/mol. The summed E-state index contributed by atoms with van der Waals surface area (Å²) >= 11 is 9.35. The Hall–Kier alpha value is -1.03. The number of benzene rings is 2. The van der Waals surface area contributed by atoms with Crippen LogP contribution in [-0.2, 0) is 6.61 Å². The molecule has 0 saturated carbocycles. The van der Waals surface area contributed by atoms with E-state index in [9.17, 15) is 5.11 Å². The summed E-state index contributed by atoms with van der Waals surface area (Å²) in [4.78, 5) is 0. The molecule has 0 bridgehead atoms. The molecule has 2 aromatic rings. The minimum absolute atomic E-state index is 0.445. The van der Waals surface area contributed by atoms with Gasteiger partial charge in [-0.05, 0) is 42.8 Å². The van der Waals surface area contributed by atoms with Gasteiger partial charge in [0.25, 0.3) is 0 Å². The SMILES string of the molecule is CC(O)c1cc(Cl)ccc1OCc1cccc(Br)c1. The van der Waals surface area contributed by atoms with Gasteiger partial charge in [0.1, 0.15) is 12.4 Å². The van der Waals surface area contributed by atoms with E-state index in [-0.39, 0.29) is 0 Å². The van der Waals surface area contributed by atoms with E-state index in [1.807, 2.05) is 24.3 Å². The van der Waals surface area contributed by atoms with Gasteiger partial charge in [0.2, 0.25) is 0 Å². The van der Waals surface area contributed by atoms with E-state index in [1.54, 1.807) is 25.1 Å². The van der Waals surface area contributed by atoms with Gasteiger partial charge in [-0.3, -0.25) is 0 Å². The van der Waals surface area contributed by atoms with Crippen molar-refractivity contribution in [2.45, 2.75) is 19.6 Å². The van der Waals surface area contributed by atoms with Crippen molar-refractivity contribution < 1.29 is 9.84 Å². The molecule has 2 aromatic carbocycles. The van der Waals surface area contributed by atoms with Crippen LogP contribution in [0.4, 0.5) is 0 Å². The maximum absolute atomic E-state index is 9.72. The van der Waals surface area contributed by atoms with Crippen molar-refractivity contribution in [3.05, 3.63) is 63.1 Å². The molecule has 0 aliphatic carbocycles. The minimum Gasteiger partial charge on any atom is -0.489 e. The van der Waals surface area contributed by atoms with Gasteiger partial charge in [0.15, 0.2) is 0 Å². The molecule has 2 nitrogen and oxygen atoms in total. The predicted molar refractivity (Wildman–Crippen MR) is 80.6 cm³/mol. The van der Waals surface area contributed by atoms with Crippen molar-refractivity contribution in [2.75, 3.05) is 0 Å². The summed E-state index contributed by atoms with van der Waals surface area (Å²) in [5, 5.41) is 10.3. The minimum atomic E-state index is -0.615. The monoisotopic (exact) mass is 340 g/mol. The zero-order chi connectivity index (χ0) is 13.8. The number of ether oxygens (including phenoxy) is 1. The fourth-order valence-electron chi connectivity index (χ4n) is 1.77. The molecule has 4 heteroatoms. The lowest BCUT2D eigenvalue weighted by Crippen LogP contribution is -2.01. The summed E-state index contributed by atoms with van der Waals surface area (Å²) in [5.74, 6) is 0.652. The predicted octanol–water partition coefficient (Wildman–Crippen LogP) is 4.73. The van der Waals surface area contributed by atoms with Gasteiger partial charge >= 0.3 is 0 Å². The normalized spacial score (nSPS) is 12.2. The van der Waals surface area contributed by atoms with E-state index in [1.165, 1.54) is 0 Å². The molecular formula is C15H14BrClO2. The van der Waals surface area contributed by atoms with Gasteiger partial charge in [-0.1, -0.05) is 39.7 Å². The van der Waals surface area contributed by atoms with Crippen molar-refractivity contribution in [1.29, 1.82) is 0 Å². The smallest absolute Gasteiger partial charge is 0.125 e. The molecule has 0 saturated heterocycles. The van der Waals surface area contributed by atoms with Crippen molar-refractivity contribution in [1.82, 2.24) is 0 Å². The summed E-state index contributed by atoms with van der Waals surface area (Å²) in [5.41, 5.74) is 1.75. The first-order valence-electron chi connectivity index (χ1n) is 5.91. The standard InChI is InChI=1S/C15H14BrClO2/c1-10(18)14-8-13(17)5-6-15(14)19-9-11-3-2-4-12(16)7-11/h2-8,10,18H,9H2,1H3. The van der Waals surface area contributed by atoms with Crippen LogP contribution in [0.3, 0.4) is 0 Å². The van der Waals surface area contributed by atoms with Crippen LogP contribution >= 0.6 is 27.5 Å². The third-order valence-electron chi connectivity index (χ3n) is 2.71. The molecule has 0 aliphatic heterocycles. The van der Waals surface area contributed by atoms with Gasteiger partial charge in [-0.15, -0.1) is 0 Å². The summed E-state index contributed by atoms with van der Waals surface area (Å²) in [7, 11) is 0. The Morgan fingerprint density at radius 3 is 2.74 bits per heavy atom. The first-order chi connectivity index (χ1) is 9.06. The number of aliphatic hydroxyl groups is 1. The fraction of sp³-hybridized carbons (Fsp3) is 0.200. The Balaban J connectivity index is 2.15. The molecule has 100 valence electrons. The second kappa shape index (κ2) is 6.42. The zero-order valence-electron chi connectivity index (χ0n) is 10.4. The van der Waals surface area contributed by atoms with Crippen LogP contribution in [0.25, 0.3) is 0 Å². The first kappa shape index (κ1) is 14.4. The molecule has 1 atom stereocenters. The zero-order valence-corrected chi connectivity index (χ0v) is 12.8. The second-order valence-corrected chi connectivity index (χ2v) is 5.63. The summed E-state index contributed by atoms with van der Waals surface area (Å²) in [6.07, 6.45) is -0.615. The molecule has 1 N–H and O–H groups in total. The Labute approximate surface area is 126 Å². The van der Waals surface area contributed by atoms with Gasteiger partial charge in [-0.25, -0.2) is 0 Å². The van der Waals surface area contributed by atoms with E-state index in [0.29, 0.717) is 22.9 Å². The number of hydrogen-bond acceptors (Lipinski definition) is 2. The number of rotatable bonds is 4.